The van der Waals surface area contributed by atoms with Gasteiger partial charge in [0.1, 0.15) is 12.2 Å². The smallest absolute Gasteiger partial charge is 0.150 e. The summed E-state index contributed by atoms with van der Waals surface area (Å²) < 4.78 is 2.31. The standard InChI is InChI=1S/C16H23N5S/c1-12-15(22-11-17-12)9-20-7-3-2-4-14(20)16-19-18-10-21(16)8-13-5-6-13/h10-11,13-14H,2-9H2,1H3. The van der Waals surface area contributed by atoms with Gasteiger partial charge in [0.25, 0.3) is 0 Å². The van der Waals surface area contributed by atoms with Crippen molar-refractivity contribution in [1.29, 1.82) is 0 Å². The first kappa shape index (κ1) is 14.3. The highest BCUT2D eigenvalue weighted by Gasteiger charge is 2.30. The van der Waals surface area contributed by atoms with E-state index in [0.717, 1.165) is 25.6 Å². The molecule has 0 amide bonds. The van der Waals surface area contributed by atoms with Gasteiger partial charge >= 0.3 is 0 Å². The number of aromatic nitrogens is 4. The summed E-state index contributed by atoms with van der Waals surface area (Å²) in [6, 6.07) is 0.413. The zero-order valence-corrected chi connectivity index (χ0v) is 13.9. The van der Waals surface area contributed by atoms with Crippen LogP contribution >= 0.6 is 11.3 Å². The summed E-state index contributed by atoms with van der Waals surface area (Å²) in [4.78, 5) is 8.36. The monoisotopic (exact) mass is 317 g/mol. The predicted molar refractivity (Wildman–Crippen MR) is 86.6 cm³/mol. The van der Waals surface area contributed by atoms with Gasteiger partial charge in [0, 0.05) is 18.0 Å². The molecule has 0 bridgehead atoms. The molecule has 22 heavy (non-hydrogen) atoms. The Morgan fingerprint density at radius 1 is 1.27 bits per heavy atom. The van der Waals surface area contributed by atoms with E-state index in [0.29, 0.717) is 6.04 Å². The molecule has 4 rings (SSSR count). The van der Waals surface area contributed by atoms with Crippen LogP contribution in [0.1, 0.15) is 54.5 Å². The van der Waals surface area contributed by atoms with Crippen molar-refractivity contribution in [2.45, 2.75) is 58.2 Å². The third-order valence-electron chi connectivity index (χ3n) is 4.90. The second kappa shape index (κ2) is 6.08. The molecule has 6 heteroatoms. The lowest BCUT2D eigenvalue weighted by atomic mass is 10.0. The van der Waals surface area contributed by atoms with E-state index in [1.807, 2.05) is 11.8 Å². The number of hydrogen-bond donors (Lipinski definition) is 0. The van der Waals surface area contributed by atoms with Crippen LogP contribution in [0.4, 0.5) is 0 Å². The minimum Gasteiger partial charge on any atom is -0.316 e. The highest BCUT2D eigenvalue weighted by Crippen LogP contribution is 2.35. The van der Waals surface area contributed by atoms with Crippen molar-refractivity contribution in [3.8, 4) is 0 Å². The van der Waals surface area contributed by atoms with Crippen LogP contribution in [-0.4, -0.2) is 31.2 Å². The van der Waals surface area contributed by atoms with Gasteiger partial charge in [0.05, 0.1) is 17.2 Å². The zero-order valence-electron chi connectivity index (χ0n) is 13.1. The molecule has 0 radical (unpaired) electrons. The molecule has 2 fully saturated rings. The van der Waals surface area contributed by atoms with E-state index in [-0.39, 0.29) is 0 Å². The van der Waals surface area contributed by atoms with Gasteiger partial charge in [0.2, 0.25) is 0 Å². The molecule has 1 aliphatic carbocycles. The number of aryl methyl sites for hydroxylation is 1. The summed E-state index contributed by atoms with van der Waals surface area (Å²) in [5, 5.41) is 8.69. The average molecular weight is 317 g/mol. The van der Waals surface area contributed by atoms with Crippen LogP contribution < -0.4 is 0 Å². The summed E-state index contributed by atoms with van der Waals surface area (Å²) in [6.07, 6.45) is 8.43. The number of rotatable bonds is 5. The first-order valence-corrected chi connectivity index (χ1v) is 9.20. The Labute approximate surface area is 135 Å². The summed E-state index contributed by atoms with van der Waals surface area (Å²) >= 11 is 1.77. The summed E-state index contributed by atoms with van der Waals surface area (Å²) in [7, 11) is 0. The molecule has 3 heterocycles. The Morgan fingerprint density at radius 2 is 2.18 bits per heavy atom. The zero-order chi connectivity index (χ0) is 14.9. The fraction of sp³-hybridized carbons (Fsp3) is 0.688. The van der Waals surface area contributed by atoms with Crippen LogP contribution in [-0.2, 0) is 13.1 Å². The minimum absolute atomic E-state index is 0.413. The maximum Gasteiger partial charge on any atom is 0.150 e. The minimum atomic E-state index is 0.413. The quantitative estimate of drug-likeness (QED) is 0.850. The van der Waals surface area contributed by atoms with E-state index in [1.165, 1.54) is 48.5 Å². The van der Waals surface area contributed by atoms with E-state index in [2.05, 4.69) is 31.6 Å². The van der Waals surface area contributed by atoms with Crippen LogP contribution in [0, 0.1) is 12.8 Å². The van der Waals surface area contributed by atoms with Crippen molar-refractivity contribution in [2.24, 2.45) is 5.92 Å². The first-order chi connectivity index (χ1) is 10.8. The second-order valence-corrected chi connectivity index (χ2v) is 7.57. The summed E-state index contributed by atoms with van der Waals surface area (Å²) in [5.74, 6) is 2.03. The molecule has 0 N–H and O–H groups in total. The highest BCUT2D eigenvalue weighted by molar-refractivity contribution is 7.09. The molecule has 5 nitrogen and oxygen atoms in total. The van der Waals surface area contributed by atoms with E-state index in [4.69, 9.17) is 0 Å². The summed E-state index contributed by atoms with van der Waals surface area (Å²) in [5.41, 5.74) is 3.13. The first-order valence-electron chi connectivity index (χ1n) is 8.32. The lowest BCUT2D eigenvalue weighted by Crippen LogP contribution is -2.34. The number of thiazole rings is 1. The molecule has 1 unspecified atom stereocenters. The van der Waals surface area contributed by atoms with Crippen molar-refractivity contribution >= 4 is 11.3 Å². The van der Waals surface area contributed by atoms with Crippen LogP contribution in [0.25, 0.3) is 0 Å². The van der Waals surface area contributed by atoms with Crippen LogP contribution in [0.5, 0.6) is 0 Å². The highest BCUT2D eigenvalue weighted by atomic mass is 32.1. The Morgan fingerprint density at radius 3 is 2.95 bits per heavy atom. The van der Waals surface area contributed by atoms with Gasteiger partial charge in [-0.2, -0.15) is 0 Å². The third-order valence-corrected chi connectivity index (χ3v) is 5.82. The molecule has 1 atom stereocenters. The van der Waals surface area contributed by atoms with Gasteiger partial charge in [-0.25, -0.2) is 4.98 Å². The summed E-state index contributed by atoms with van der Waals surface area (Å²) in [6.45, 7) is 5.36. The normalized spacial score (nSPS) is 23.0. The molecular weight excluding hydrogens is 294 g/mol. The number of piperidine rings is 1. The number of nitrogens with zero attached hydrogens (tertiary/aromatic N) is 5. The van der Waals surface area contributed by atoms with Crippen molar-refractivity contribution in [1.82, 2.24) is 24.6 Å². The Kier molecular flexibility index (Phi) is 3.96. The SMILES string of the molecule is Cc1ncsc1CN1CCCCC1c1nncn1CC1CC1. The van der Waals surface area contributed by atoms with E-state index < -0.39 is 0 Å². The Bertz CT molecular complexity index is 630. The second-order valence-electron chi connectivity index (χ2n) is 6.63. The molecule has 2 aromatic heterocycles. The van der Waals surface area contributed by atoms with Gasteiger partial charge in [0.15, 0.2) is 0 Å². The van der Waals surface area contributed by atoms with E-state index in [1.54, 1.807) is 11.3 Å². The third kappa shape index (κ3) is 2.94. The largest absolute Gasteiger partial charge is 0.316 e. The topological polar surface area (TPSA) is 46.8 Å². The number of likely N-dealkylation sites (tertiary alicyclic amines) is 1. The van der Waals surface area contributed by atoms with Crippen molar-refractivity contribution in [3.63, 3.8) is 0 Å². The van der Waals surface area contributed by atoms with Gasteiger partial charge in [-0.3, -0.25) is 4.90 Å². The molecular formula is C16H23N5S. The fourth-order valence-corrected chi connectivity index (χ4v) is 4.18. The molecule has 1 aliphatic heterocycles. The molecule has 2 aliphatic rings. The molecule has 1 saturated carbocycles. The van der Waals surface area contributed by atoms with Gasteiger partial charge < -0.3 is 4.57 Å². The number of hydrogen-bond acceptors (Lipinski definition) is 5. The van der Waals surface area contributed by atoms with Crippen LogP contribution in [0.15, 0.2) is 11.8 Å². The lowest BCUT2D eigenvalue weighted by Gasteiger charge is -2.34. The van der Waals surface area contributed by atoms with Crippen LogP contribution in [0.2, 0.25) is 0 Å². The Balaban J connectivity index is 1.55. The van der Waals surface area contributed by atoms with Gasteiger partial charge in [-0.1, -0.05) is 6.42 Å². The molecule has 1 saturated heterocycles. The lowest BCUT2D eigenvalue weighted by molar-refractivity contribution is 0.131. The van der Waals surface area contributed by atoms with Crippen molar-refractivity contribution in [3.05, 3.63) is 28.2 Å². The van der Waals surface area contributed by atoms with Gasteiger partial charge in [-0.15, -0.1) is 21.5 Å². The van der Waals surface area contributed by atoms with E-state index in [9.17, 15) is 0 Å². The fourth-order valence-electron chi connectivity index (χ4n) is 3.38. The average Bonchev–Trinajstić information content (AvgIpc) is 3.07. The molecule has 0 spiro atoms. The predicted octanol–water partition coefficient (Wildman–Crippen LogP) is 3.18. The molecule has 2 aromatic rings. The molecule has 118 valence electrons. The maximum absolute atomic E-state index is 4.48. The molecule has 0 aromatic carbocycles. The van der Waals surface area contributed by atoms with Crippen molar-refractivity contribution < 1.29 is 0 Å². The van der Waals surface area contributed by atoms with Gasteiger partial charge in [-0.05, 0) is 45.1 Å². The maximum atomic E-state index is 4.48. The van der Waals surface area contributed by atoms with Crippen molar-refractivity contribution in [2.75, 3.05) is 6.54 Å². The van der Waals surface area contributed by atoms with Crippen LogP contribution in [0.3, 0.4) is 0 Å². The Hall–Kier alpha value is -1.27. The van der Waals surface area contributed by atoms with E-state index >= 15 is 0 Å².